The molecule has 3 nitrogen and oxygen atoms in total. The standard InChI is InChI=1S/C18H22N2O/c1-14-8-6-7-11-17(14)15(2)20-18(21)19-13-12-16-9-4-3-5-10-16/h3-11,15H,12-13H2,1-2H3,(H2,19,20,21)/t15-/m0/s1. The number of carbonyl (C=O) groups is 1. The second-order valence-electron chi connectivity index (χ2n) is 5.21. The van der Waals surface area contributed by atoms with Crippen molar-refractivity contribution in [2.24, 2.45) is 0 Å². The van der Waals surface area contributed by atoms with E-state index in [1.807, 2.05) is 43.3 Å². The van der Waals surface area contributed by atoms with E-state index in [9.17, 15) is 4.79 Å². The molecule has 2 aromatic carbocycles. The highest BCUT2D eigenvalue weighted by molar-refractivity contribution is 5.74. The number of carbonyl (C=O) groups excluding carboxylic acids is 1. The van der Waals surface area contributed by atoms with Gasteiger partial charge < -0.3 is 10.6 Å². The van der Waals surface area contributed by atoms with Crippen LogP contribution in [0.25, 0.3) is 0 Å². The minimum atomic E-state index is -0.123. The van der Waals surface area contributed by atoms with Crippen LogP contribution in [0.3, 0.4) is 0 Å². The summed E-state index contributed by atoms with van der Waals surface area (Å²) in [4.78, 5) is 11.9. The minimum absolute atomic E-state index is 0.00271. The summed E-state index contributed by atoms with van der Waals surface area (Å²) in [7, 11) is 0. The van der Waals surface area contributed by atoms with Crippen LogP contribution in [0.2, 0.25) is 0 Å². The molecule has 1 atom stereocenters. The highest BCUT2D eigenvalue weighted by Crippen LogP contribution is 2.16. The summed E-state index contributed by atoms with van der Waals surface area (Å²) in [6.07, 6.45) is 0.840. The topological polar surface area (TPSA) is 41.1 Å². The van der Waals surface area contributed by atoms with Crippen LogP contribution in [0.15, 0.2) is 54.6 Å². The van der Waals surface area contributed by atoms with Crippen molar-refractivity contribution < 1.29 is 4.79 Å². The molecule has 2 N–H and O–H groups in total. The van der Waals surface area contributed by atoms with E-state index in [0.717, 1.165) is 12.0 Å². The Morgan fingerprint density at radius 2 is 1.71 bits per heavy atom. The fourth-order valence-electron chi connectivity index (χ4n) is 2.36. The Bertz CT molecular complexity index is 581. The van der Waals surface area contributed by atoms with Gasteiger partial charge in [-0.05, 0) is 37.0 Å². The van der Waals surface area contributed by atoms with Crippen molar-refractivity contribution >= 4 is 6.03 Å². The Morgan fingerprint density at radius 3 is 2.43 bits per heavy atom. The zero-order chi connectivity index (χ0) is 15.1. The summed E-state index contributed by atoms with van der Waals surface area (Å²) in [6, 6.07) is 18.1. The Hall–Kier alpha value is -2.29. The average molecular weight is 282 g/mol. The number of nitrogens with one attached hydrogen (secondary N) is 2. The third-order valence-corrected chi connectivity index (χ3v) is 3.54. The molecule has 0 aliphatic heterocycles. The summed E-state index contributed by atoms with van der Waals surface area (Å²) in [5.74, 6) is 0. The van der Waals surface area contributed by atoms with Crippen LogP contribution in [0.1, 0.15) is 29.7 Å². The maximum absolute atomic E-state index is 11.9. The molecule has 0 aliphatic carbocycles. The van der Waals surface area contributed by atoms with Gasteiger partial charge in [0.15, 0.2) is 0 Å². The third-order valence-electron chi connectivity index (χ3n) is 3.54. The Morgan fingerprint density at radius 1 is 1.05 bits per heavy atom. The molecule has 0 heterocycles. The Labute approximate surface area is 126 Å². The summed E-state index contributed by atoms with van der Waals surface area (Å²) >= 11 is 0. The third kappa shape index (κ3) is 4.63. The van der Waals surface area contributed by atoms with Crippen molar-refractivity contribution in [3.63, 3.8) is 0 Å². The highest BCUT2D eigenvalue weighted by atomic mass is 16.2. The first-order chi connectivity index (χ1) is 10.2. The molecule has 21 heavy (non-hydrogen) atoms. The van der Waals surface area contributed by atoms with E-state index in [-0.39, 0.29) is 12.1 Å². The molecule has 110 valence electrons. The van der Waals surface area contributed by atoms with Crippen LogP contribution in [-0.4, -0.2) is 12.6 Å². The quantitative estimate of drug-likeness (QED) is 0.864. The average Bonchev–Trinajstić information content (AvgIpc) is 2.48. The number of hydrogen-bond acceptors (Lipinski definition) is 1. The second kappa shape index (κ2) is 7.48. The van der Waals surface area contributed by atoms with E-state index in [1.54, 1.807) is 0 Å². The van der Waals surface area contributed by atoms with E-state index in [2.05, 4.69) is 35.8 Å². The summed E-state index contributed by atoms with van der Waals surface area (Å²) < 4.78 is 0. The van der Waals surface area contributed by atoms with E-state index in [1.165, 1.54) is 11.1 Å². The lowest BCUT2D eigenvalue weighted by Crippen LogP contribution is -2.38. The maximum atomic E-state index is 11.9. The maximum Gasteiger partial charge on any atom is 0.315 e. The second-order valence-corrected chi connectivity index (χ2v) is 5.21. The number of urea groups is 1. The predicted molar refractivity (Wildman–Crippen MR) is 86.3 cm³/mol. The lowest BCUT2D eigenvalue weighted by molar-refractivity contribution is 0.238. The van der Waals surface area contributed by atoms with Crippen molar-refractivity contribution in [2.75, 3.05) is 6.54 Å². The molecule has 0 radical (unpaired) electrons. The van der Waals surface area contributed by atoms with Crippen molar-refractivity contribution in [1.29, 1.82) is 0 Å². The molecule has 2 rings (SSSR count). The van der Waals surface area contributed by atoms with Gasteiger partial charge in [-0.1, -0.05) is 54.6 Å². The van der Waals surface area contributed by atoms with Gasteiger partial charge in [0.2, 0.25) is 0 Å². The molecular formula is C18H22N2O. The van der Waals surface area contributed by atoms with Gasteiger partial charge >= 0.3 is 6.03 Å². The molecule has 0 unspecified atom stereocenters. The first-order valence-corrected chi connectivity index (χ1v) is 7.30. The SMILES string of the molecule is Cc1ccccc1[C@H](C)NC(=O)NCCc1ccccc1. The molecule has 0 spiro atoms. The van der Waals surface area contributed by atoms with Gasteiger partial charge in [0.05, 0.1) is 6.04 Å². The molecule has 0 saturated carbocycles. The number of aryl methyl sites for hydroxylation is 1. The van der Waals surface area contributed by atoms with Crippen LogP contribution in [0.5, 0.6) is 0 Å². The molecule has 2 aromatic rings. The normalized spacial score (nSPS) is 11.7. The van der Waals surface area contributed by atoms with Crippen molar-refractivity contribution in [1.82, 2.24) is 10.6 Å². The largest absolute Gasteiger partial charge is 0.338 e. The van der Waals surface area contributed by atoms with Crippen LogP contribution in [0.4, 0.5) is 4.79 Å². The monoisotopic (exact) mass is 282 g/mol. The summed E-state index contributed by atoms with van der Waals surface area (Å²) in [5.41, 5.74) is 3.56. The first kappa shape index (κ1) is 15.1. The Kier molecular flexibility index (Phi) is 5.38. The van der Waals surface area contributed by atoms with Crippen molar-refractivity contribution in [3.8, 4) is 0 Å². The first-order valence-electron chi connectivity index (χ1n) is 7.30. The Balaban J connectivity index is 1.78. The molecule has 0 fully saturated rings. The minimum Gasteiger partial charge on any atom is -0.338 e. The molecule has 0 aromatic heterocycles. The number of rotatable bonds is 5. The lowest BCUT2D eigenvalue weighted by Gasteiger charge is -2.17. The van der Waals surface area contributed by atoms with E-state index in [0.29, 0.717) is 6.54 Å². The van der Waals surface area contributed by atoms with Gasteiger partial charge in [-0.25, -0.2) is 4.79 Å². The van der Waals surface area contributed by atoms with E-state index >= 15 is 0 Å². The van der Waals surface area contributed by atoms with Crippen molar-refractivity contribution in [2.45, 2.75) is 26.3 Å². The van der Waals surface area contributed by atoms with Crippen LogP contribution < -0.4 is 10.6 Å². The number of benzene rings is 2. The molecule has 3 heteroatoms. The lowest BCUT2D eigenvalue weighted by atomic mass is 10.0. The zero-order valence-corrected chi connectivity index (χ0v) is 12.6. The number of hydrogen-bond donors (Lipinski definition) is 2. The van der Waals surface area contributed by atoms with Crippen LogP contribution in [-0.2, 0) is 6.42 Å². The number of amides is 2. The van der Waals surface area contributed by atoms with Gasteiger partial charge in [-0.3, -0.25) is 0 Å². The van der Waals surface area contributed by atoms with Crippen LogP contribution in [0, 0.1) is 6.92 Å². The molecule has 0 saturated heterocycles. The van der Waals surface area contributed by atoms with Gasteiger partial charge in [-0.2, -0.15) is 0 Å². The van der Waals surface area contributed by atoms with Crippen LogP contribution >= 0.6 is 0 Å². The summed E-state index contributed by atoms with van der Waals surface area (Å²) in [6.45, 7) is 4.69. The van der Waals surface area contributed by atoms with Gasteiger partial charge in [-0.15, -0.1) is 0 Å². The molecule has 0 aliphatic rings. The highest BCUT2D eigenvalue weighted by Gasteiger charge is 2.10. The fourth-order valence-corrected chi connectivity index (χ4v) is 2.36. The zero-order valence-electron chi connectivity index (χ0n) is 12.6. The van der Waals surface area contributed by atoms with Crippen molar-refractivity contribution in [3.05, 3.63) is 71.3 Å². The van der Waals surface area contributed by atoms with E-state index in [4.69, 9.17) is 0 Å². The van der Waals surface area contributed by atoms with Gasteiger partial charge in [0.1, 0.15) is 0 Å². The fraction of sp³-hybridized carbons (Fsp3) is 0.278. The van der Waals surface area contributed by atoms with Gasteiger partial charge in [0.25, 0.3) is 0 Å². The smallest absolute Gasteiger partial charge is 0.315 e. The van der Waals surface area contributed by atoms with Gasteiger partial charge in [0, 0.05) is 6.54 Å². The molecule has 2 amide bonds. The summed E-state index contributed by atoms with van der Waals surface area (Å²) in [5, 5.41) is 5.87. The predicted octanol–water partition coefficient (Wildman–Crippen LogP) is 3.60. The van der Waals surface area contributed by atoms with E-state index < -0.39 is 0 Å². The molecule has 0 bridgehead atoms. The molecular weight excluding hydrogens is 260 g/mol.